The Balaban J connectivity index is 2.92. The molecule has 0 aliphatic rings. The van der Waals surface area contributed by atoms with Gasteiger partial charge in [0.1, 0.15) is 0 Å². The monoisotopic (exact) mass is 400 g/mol. The summed E-state index contributed by atoms with van der Waals surface area (Å²) in [7, 11) is -6.05. The summed E-state index contributed by atoms with van der Waals surface area (Å²) in [5, 5.41) is 3.67. The minimum absolute atomic E-state index is 0.182. The number of hydrazone groups is 1. The lowest BCUT2D eigenvalue weighted by Crippen LogP contribution is -2.28. The van der Waals surface area contributed by atoms with E-state index in [2.05, 4.69) is 23.8 Å². The first kappa shape index (κ1) is 22.9. The van der Waals surface area contributed by atoms with Gasteiger partial charge in [0.15, 0.2) is 0 Å². The fourth-order valence-corrected chi connectivity index (χ4v) is 7.43. The van der Waals surface area contributed by atoms with Gasteiger partial charge >= 0.3 is 0 Å². The molecule has 26 heavy (non-hydrogen) atoms. The second-order valence-corrected chi connectivity index (χ2v) is 13.1. The summed E-state index contributed by atoms with van der Waals surface area (Å²) in [5.74, 6) is 0. The quantitative estimate of drug-likeness (QED) is 0.341. The summed E-state index contributed by atoms with van der Waals surface area (Å²) in [5.41, 5.74) is 1.63. The topological polar surface area (TPSA) is 75.6 Å². The van der Waals surface area contributed by atoms with Crippen molar-refractivity contribution in [3.8, 4) is 0 Å². The largest absolute Gasteiger partial charge is 0.323 e. The molecule has 0 amide bonds. The standard InChI is InChI=1S/C19H33N2O3PS/c1-7-13-25(22,14-8-2)19(5,6)15-17(4)20-21-26(23,24)18-11-9-16(3)10-12-18/h9-12,21H,7-8,13-15H2,1-6H3. The third-order valence-corrected chi connectivity index (χ3v) is 10.6. The normalized spacial score (nSPS) is 13.7. The number of nitrogens with one attached hydrogen (secondary N) is 1. The van der Waals surface area contributed by atoms with E-state index >= 15 is 0 Å². The van der Waals surface area contributed by atoms with Gasteiger partial charge in [-0.15, -0.1) is 0 Å². The number of rotatable bonds is 10. The zero-order valence-corrected chi connectivity index (χ0v) is 18.6. The number of benzene rings is 1. The van der Waals surface area contributed by atoms with Gasteiger partial charge in [-0.1, -0.05) is 45.4 Å². The Labute approximate surface area is 159 Å². The number of nitrogens with zero attached hydrogens (tertiary/aromatic N) is 1. The van der Waals surface area contributed by atoms with Crippen LogP contribution in [0.25, 0.3) is 0 Å². The van der Waals surface area contributed by atoms with Crippen LogP contribution >= 0.6 is 7.14 Å². The van der Waals surface area contributed by atoms with Crippen molar-refractivity contribution in [1.82, 2.24) is 4.83 Å². The van der Waals surface area contributed by atoms with E-state index in [9.17, 15) is 13.0 Å². The molecule has 148 valence electrons. The van der Waals surface area contributed by atoms with E-state index < -0.39 is 22.3 Å². The Morgan fingerprint density at radius 3 is 2.08 bits per heavy atom. The van der Waals surface area contributed by atoms with Gasteiger partial charge in [-0.2, -0.15) is 13.5 Å². The van der Waals surface area contributed by atoms with Gasteiger partial charge in [-0.25, -0.2) is 4.83 Å². The summed E-state index contributed by atoms with van der Waals surface area (Å²) in [4.78, 5) is 2.49. The first-order chi connectivity index (χ1) is 12.0. The van der Waals surface area contributed by atoms with Crippen molar-refractivity contribution in [2.24, 2.45) is 5.10 Å². The lowest BCUT2D eigenvalue weighted by Gasteiger charge is -2.34. The number of hydrogen-bond donors (Lipinski definition) is 1. The molecule has 0 heterocycles. The average Bonchev–Trinajstić information content (AvgIpc) is 2.53. The fraction of sp³-hybridized carbons (Fsp3) is 0.632. The van der Waals surface area contributed by atoms with Crippen LogP contribution in [0.3, 0.4) is 0 Å². The lowest BCUT2D eigenvalue weighted by molar-refractivity contribution is 0.538. The van der Waals surface area contributed by atoms with E-state index in [0.29, 0.717) is 12.1 Å². The lowest BCUT2D eigenvalue weighted by atomic mass is 10.1. The highest BCUT2D eigenvalue weighted by molar-refractivity contribution is 7.89. The molecule has 0 spiro atoms. The van der Waals surface area contributed by atoms with Crippen molar-refractivity contribution in [1.29, 1.82) is 0 Å². The third kappa shape index (κ3) is 5.95. The van der Waals surface area contributed by atoms with Crippen molar-refractivity contribution < 1.29 is 13.0 Å². The predicted octanol–water partition coefficient (Wildman–Crippen LogP) is 5.00. The second kappa shape index (κ2) is 9.18. The van der Waals surface area contributed by atoms with Crippen LogP contribution in [0.5, 0.6) is 0 Å². The van der Waals surface area contributed by atoms with Crippen LogP contribution in [0, 0.1) is 6.92 Å². The van der Waals surface area contributed by atoms with Crippen molar-refractivity contribution in [3.05, 3.63) is 29.8 Å². The van der Waals surface area contributed by atoms with Crippen molar-refractivity contribution in [2.75, 3.05) is 12.3 Å². The molecule has 0 aromatic heterocycles. The molecule has 1 N–H and O–H groups in total. The highest BCUT2D eigenvalue weighted by atomic mass is 32.2. The molecule has 5 nitrogen and oxygen atoms in total. The van der Waals surface area contributed by atoms with E-state index in [1.807, 2.05) is 20.8 Å². The summed E-state index contributed by atoms with van der Waals surface area (Å²) in [6.07, 6.45) is 3.71. The Morgan fingerprint density at radius 2 is 1.62 bits per heavy atom. The van der Waals surface area contributed by atoms with Gasteiger partial charge in [-0.05, 0) is 45.2 Å². The van der Waals surface area contributed by atoms with Gasteiger partial charge < -0.3 is 4.57 Å². The maximum atomic E-state index is 13.4. The van der Waals surface area contributed by atoms with Crippen molar-refractivity contribution >= 4 is 22.9 Å². The smallest absolute Gasteiger partial charge is 0.276 e. The van der Waals surface area contributed by atoms with Gasteiger partial charge in [-0.3, -0.25) is 0 Å². The molecular formula is C19H33N2O3PS. The molecule has 0 bridgehead atoms. The predicted molar refractivity (Wildman–Crippen MR) is 111 cm³/mol. The van der Waals surface area contributed by atoms with Gasteiger partial charge in [0.05, 0.1) is 12.0 Å². The molecular weight excluding hydrogens is 367 g/mol. The molecule has 0 fully saturated rings. The molecule has 0 aliphatic heterocycles. The fourth-order valence-electron chi connectivity index (χ4n) is 3.16. The van der Waals surface area contributed by atoms with E-state index in [1.54, 1.807) is 31.2 Å². The van der Waals surface area contributed by atoms with Crippen LogP contribution in [0.15, 0.2) is 34.3 Å². The first-order valence-corrected chi connectivity index (χ1v) is 12.7. The molecule has 0 unspecified atom stereocenters. The summed E-state index contributed by atoms with van der Waals surface area (Å²) >= 11 is 0. The van der Waals surface area contributed by atoms with Crippen LogP contribution in [0.2, 0.25) is 0 Å². The zero-order valence-electron chi connectivity index (χ0n) is 16.9. The van der Waals surface area contributed by atoms with Crippen LogP contribution in [-0.2, 0) is 14.6 Å². The Kier molecular flexibility index (Phi) is 8.09. The molecule has 7 heteroatoms. The summed E-state index contributed by atoms with van der Waals surface area (Å²) in [6, 6.07) is 6.62. The summed E-state index contributed by atoms with van der Waals surface area (Å²) in [6.45, 7) is 11.8. The Hall–Kier alpha value is -1.13. The number of aryl methyl sites for hydroxylation is 1. The van der Waals surface area contributed by atoms with Crippen LogP contribution in [0.4, 0.5) is 0 Å². The first-order valence-electron chi connectivity index (χ1n) is 9.17. The van der Waals surface area contributed by atoms with E-state index in [1.165, 1.54) is 0 Å². The van der Waals surface area contributed by atoms with E-state index in [-0.39, 0.29) is 4.90 Å². The van der Waals surface area contributed by atoms with Gasteiger partial charge in [0.25, 0.3) is 10.0 Å². The molecule has 0 atom stereocenters. The van der Waals surface area contributed by atoms with Gasteiger partial charge in [0.2, 0.25) is 0 Å². The molecule has 0 saturated carbocycles. The molecule has 0 saturated heterocycles. The molecule has 1 rings (SSSR count). The Bertz CT molecular complexity index is 758. The number of hydrogen-bond acceptors (Lipinski definition) is 4. The average molecular weight is 401 g/mol. The second-order valence-electron chi connectivity index (χ2n) is 7.58. The molecule has 0 radical (unpaired) electrons. The molecule has 1 aromatic carbocycles. The molecule has 0 aliphatic carbocycles. The minimum atomic E-state index is -3.69. The zero-order chi connectivity index (χ0) is 20.0. The highest BCUT2D eigenvalue weighted by Crippen LogP contribution is 2.60. The third-order valence-electron chi connectivity index (χ3n) is 4.65. The maximum Gasteiger partial charge on any atom is 0.276 e. The molecule has 1 aromatic rings. The van der Waals surface area contributed by atoms with Crippen LogP contribution in [-0.4, -0.2) is 31.6 Å². The number of sulfonamides is 1. The van der Waals surface area contributed by atoms with Crippen LogP contribution in [0.1, 0.15) is 59.4 Å². The van der Waals surface area contributed by atoms with E-state index in [0.717, 1.165) is 30.7 Å². The summed E-state index contributed by atoms with van der Waals surface area (Å²) < 4.78 is 38.1. The van der Waals surface area contributed by atoms with Crippen LogP contribution < -0.4 is 4.83 Å². The highest BCUT2D eigenvalue weighted by Gasteiger charge is 2.38. The SMILES string of the molecule is CCCP(=O)(CCC)C(C)(C)CC(C)=NNS(=O)(=O)c1ccc(C)cc1. The van der Waals surface area contributed by atoms with Crippen molar-refractivity contribution in [3.63, 3.8) is 0 Å². The van der Waals surface area contributed by atoms with E-state index in [4.69, 9.17) is 0 Å². The Morgan fingerprint density at radius 1 is 1.12 bits per heavy atom. The maximum absolute atomic E-state index is 13.4. The van der Waals surface area contributed by atoms with Crippen molar-refractivity contribution in [2.45, 2.75) is 70.9 Å². The van der Waals surface area contributed by atoms with Gasteiger partial charge in [0, 0.05) is 23.2 Å². The minimum Gasteiger partial charge on any atom is -0.323 e.